The van der Waals surface area contributed by atoms with Crippen LogP contribution in [-0.4, -0.2) is 54.7 Å². The van der Waals surface area contributed by atoms with Crippen LogP contribution >= 0.6 is 0 Å². The van der Waals surface area contributed by atoms with Crippen LogP contribution in [0.1, 0.15) is 24.0 Å². The predicted octanol–water partition coefficient (Wildman–Crippen LogP) is 2.89. The van der Waals surface area contributed by atoms with Gasteiger partial charge >= 0.3 is 0 Å². The van der Waals surface area contributed by atoms with Crippen LogP contribution in [-0.2, 0) is 17.6 Å². The molecule has 2 aromatic rings. The summed E-state index contributed by atoms with van der Waals surface area (Å²) in [6.45, 7) is 3.86. The molecule has 2 unspecified atom stereocenters. The molecule has 2 aliphatic rings. The van der Waals surface area contributed by atoms with Crippen LogP contribution in [0, 0.1) is 5.92 Å². The van der Waals surface area contributed by atoms with Gasteiger partial charge in [0.1, 0.15) is 19.3 Å². The molecule has 0 amide bonds. The first kappa shape index (κ1) is 19.9. The molecule has 2 aliphatic heterocycles. The standard InChI is InChI=1S/C24H29NO4/c26-21(15-18-6-2-1-3-7-18)24(27)20(17-25-10-4-5-11-25)14-19-8-9-22-23(16-19)29-13-12-28-22/h1-3,6-9,16,20-21,26H,4-5,10-15,17H2. The topological polar surface area (TPSA) is 59.0 Å². The van der Waals surface area contributed by atoms with E-state index in [0.29, 0.717) is 32.6 Å². The molecule has 5 heteroatoms. The molecular formula is C24H29NO4. The highest BCUT2D eigenvalue weighted by molar-refractivity contribution is 5.86. The van der Waals surface area contributed by atoms with Gasteiger partial charge in [0.15, 0.2) is 17.3 Å². The number of carbonyl (C=O) groups is 1. The maximum atomic E-state index is 13.2. The van der Waals surface area contributed by atoms with Crippen molar-refractivity contribution >= 4 is 5.78 Å². The van der Waals surface area contributed by atoms with Gasteiger partial charge in [0.2, 0.25) is 0 Å². The fraction of sp³-hybridized carbons (Fsp3) is 0.458. The molecule has 0 aromatic heterocycles. The summed E-state index contributed by atoms with van der Waals surface area (Å²) in [6, 6.07) is 15.6. The molecule has 154 valence electrons. The molecular weight excluding hydrogens is 366 g/mol. The summed E-state index contributed by atoms with van der Waals surface area (Å²) >= 11 is 0. The first-order valence-electron chi connectivity index (χ1n) is 10.6. The predicted molar refractivity (Wildman–Crippen MR) is 111 cm³/mol. The number of aliphatic hydroxyl groups is 1. The average molecular weight is 395 g/mol. The van der Waals surface area contributed by atoms with E-state index in [2.05, 4.69) is 4.90 Å². The minimum atomic E-state index is -0.984. The lowest BCUT2D eigenvalue weighted by molar-refractivity contribution is -0.131. The van der Waals surface area contributed by atoms with Gasteiger partial charge < -0.3 is 19.5 Å². The molecule has 0 aliphatic carbocycles. The Labute approximate surface area is 172 Å². The lowest BCUT2D eigenvalue weighted by Crippen LogP contribution is -2.38. The lowest BCUT2D eigenvalue weighted by Gasteiger charge is -2.25. The van der Waals surface area contributed by atoms with Gasteiger partial charge in [0.05, 0.1) is 0 Å². The molecule has 0 radical (unpaired) electrons. The van der Waals surface area contributed by atoms with Crippen molar-refractivity contribution in [2.75, 3.05) is 32.8 Å². The second-order valence-corrected chi connectivity index (χ2v) is 7.99. The van der Waals surface area contributed by atoms with Crippen LogP contribution in [0.5, 0.6) is 11.5 Å². The van der Waals surface area contributed by atoms with Crippen LogP contribution in [0.3, 0.4) is 0 Å². The highest BCUT2D eigenvalue weighted by Gasteiger charge is 2.29. The van der Waals surface area contributed by atoms with Gasteiger partial charge in [-0.15, -0.1) is 0 Å². The zero-order valence-electron chi connectivity index (χ0n) is 16.8. The fourth-order valence-electron chi connectivity index (χ4n) is 4.24. The number of hydrogen-bond donors (Lipinski definition) is 1. The molecule has 5 nitrogen and oxygen atoms in total. The number of Topliss-reactive ketones (excluding diaryl/α,β-unsaturated/α-hetero) is 1. The maximum Gasteiger partial charge on any atom is 0.166 e. The van der Waals surface area contributed by atoms with Gasteiger partial charge in [-0.1, -0.05) is 36.4 Å². The van der Waals surface area contributed by atoms with E-state index in [9.17, 15) is 9.90 Å². The van der Waals surface area contributed by atoms with Crippen molar-refractivity contribution in [2.45, 2.75) is 31.8 Å². The number of carbonyl (C=O) groups excluding carboxylic acids is 1. The average Bonchev–Trinajstić information content (AvgIpc) is 3.26. The van der Waals surface area contributed by atoms with Gasteiger partial charge in [-0.3, -0.25) is 4.79 Å². The summed E-state index contributed by atoms with van der Waals surface area (Å²) in [6.07, 6.45) is 2.33. The van der Waals surface area contributed by atoms with Crippen molar-refractivity contribution in [3.63, 3.8) is 0 Å². The highest BCUT2D eigenvalue weighted by Crippen LogP contribution is 2.32. The van der Waals surface area contributed by atoms with Gasteiger partial charge in [-0.25, -0.2) is 0 Å². The fourth-order valence-corrected chi connectivity index (χ4v) is 4.24. The van der Waals surface area contributed by atoms with E-state index in [-0.39, 0.29) is 11.7 Å². The minimum absolute atomic E-state index is 0.0735. The number of fused-ring (bicyclic) bond motifs is 1. The number of hydrogen-bond acceptors (Lipinski definition) is 5. The van der Waals surface area contributed by atoms with Crippen molar-refractivity contribution in [1.29, 1.82) is 0 Å². The Hall–Kier alpha value is -2.37. The van der Waals surface area contributed by atoms with E-state index in [4.69, 9.17) is 9.47 Å². The Morgan fingerprint density at radius 3 is 2.41 bits per heavy atom. The van der Waals surface area contributed by atoms with E-state index in [0.717, 1.165) is 35.7 Å². The number of likely N-dealkylation sites (tertiary alicyclic amines) is 1. The molecule has 0 spiro atoms. The first-order valence-corrected chi connectivity index (χ1v) is 10.6. The Morgan fingerprint density at radius 1 is 0.931 bits per heavy atom. The number of ketones is 1. The summed E-state index contributed by atoms with van der Waals surface area (Å²) in [5, 5.41) is 10.7. The summed E-state index contributed by atoms with van der Waals surface area (Å²) in [5.74, 6) is 1.18. The molecule has 2 atom stereocenters. The second kappa shape index (κ2) is 9.42. The smallest absolute Gasteiger partial charge is 0.166 e. The van der Waals surface area contributed by atoms with Gasteiger partial charge in [-0.2, -0.15) is 0 Å². The summed E-state index contributed by atoms with van der Waals surface area (Å²) in [7, 11) is 0. The Bertz CT molecular complexity index is 817. The van der Waals surface area contributed by atoms with Crippen LogP contribution in [0.2, 0.25) is 0 Å². The van der Waals surface area contributed by atoms with Gasteiger partial charge in [-0.05, 0) is 55.6 Å². The second-order valence-electron chi connectivity index (χ2n) is 7.99. The first-order chi connectivity index (χ1) is 14.2. The van der Waals surface area contributed by atoms with Crippen molar-refractivity contribution < 1.29 is 19.4 Å². The van der Waals surface area contributed by atoms with Crippen LogP contribution in [0.4, 0.5) is 0 Å². The molecule has 1 saturated heterocycles. The Morgan fingerprint density at radius 2 is 1.66 bits per heavy atom. The Kier molecular flexibility index (Phi) is 6.47. The lowest BCUT2D eigenvalue weighted by atomic mass is 9.89. The summed E-state index contributed by atoms with van der Waals surface area (Å²) < 4.78 is 11.3. The molecule has 29 heavy (non-hydrogen) atoms. The Balaban J connectivity index is 1.48. The summed E-state index contributed by atoms with van der Waals surface area (Å²) in [4.78, 5) is 15.5. The van der Waals surface area contributed by atoms with Crippen molar-refractivity contribution in [1.82, 2.24) is 4.90 Å². The molecule has 2 heterocycles. The molecule has 2 aromatic carbocycles. The maximum absolute atomic E-state index is 13.2. The molecule has 1 N–H and O–H groups in total. The molecule has 1 fully saturated rings. The molecule has 4 rings (SSSR count). The minimum Gasteiger partial charge on any atom is -0.486 e. The van der Waals surface area contributed by atoms with Crippen LogP contribution in [0.15, 0.2) is 48.5 Å². The van der Waals surface area contributed by atoms with E-state index in [1.165, 1.54) is 12.8 Å². The third kappa shape index (κ3) is 5.17. The van der Waals surface area contributed by atoms with E-state index >= 15 is 0 Å². The van der Waals surface area contributed by atoms with Crippen molar-refractivity contribution in [3.05, 3.63) is 59.7 Å². The number of aliphatic hydroxyl groups excluding tert-OH is 1. The van der Waals surface area contributed by atoms with E-state index in [1.807, 2.05) is 48.5 Å². The number of rotatable bonds is 8. The normalized spacial score (nSPS) is 18.4. The highest BCUT2D eigenvalue weighted by atomic mass is 16.6. The molecule has 0 bridgehead atoms. The monoisotopic (exact) mass is 395 g/mol. The van der Waals surface area contributed by atoms with Crippen LogP contribution in [0.25, 0.3) is 0 Å². The SMILES string of the molecule is O=C(C(O)Cc1ccccc1)C(Cc1ccc2c(c1)OCCO2)CN1CCCC1. The van der Waals surface area contributed by atoms with Crippen molar-refractivity contribution in [2.24, 2.45) is 5.92 Å². The zero-order valence-corrected chi connectivity index (χ0v) is 16.8. The summed E-state index contributed by atoms with van der Waals surface area (Å²) in [5.41, 5.74) is 2.02. The molecule has 0 saturated carbocycles. The van der Waals surface area contributed by atoms with Crippen LogP contribution < -0.4 is 9.47 Å². The van der Waals surface area contributed by atoms with Gasteiger partial charge in [0.25, 0.3) is 0 Å². The zero-order chi connectivity index (χ0) is 20.1. The number of benzene rings is 2. The third-order valence-electron chi connectivity index (χ3n) is 5.77. The van der Waals surface area contributed by atoms with E-state index < -0.39 is 6.10 Å². The quantitative estimate of drug-likeness (QED) is 0.745. The number of nitrogens with zero attached hydrogens (tertiary/aromatic N) is 1. The third-order valence-corrected chi connectivity index (χ3v) is 5.77. The van der Waals surface area contributed by atoms with Crippen molar-refractivity contribution in [3.8, 4) is 11.5 Å². The largest absolute Gasteiger partial charge is 0.486 e. The van der Waals surface area contributed by atoms with Gasteiger partial charge in [0, 0.05) is 18.9 Å². The number of ether oxygens (including phenoxy) is 2. The van der Waals surface area contributed by atoms with E-state index in [1.54, 1.807) is 0 Å².